The quantitative estimate of drug-likeness (QED) is 0.801. The number of nitrogens with zero attached hydrogens (tertiary/aromatic N) is 2. The number of rotatable bonds is 3. The Morgan fingerprint density at radius 2 is 2.25 bits per heavy atom. The molecule has 0 saturated heterocycles. The lowest BCUT2D eigenvalue weighted by atomic mass is 10.3. The third kappa shape index (κ3) is 1.95. The third-order valence-corrected chi connectivity index (χ3v) is 2.18. The molecule has 0 fully saturated rings. The van der Waals surface area contributed by atoms with E-state index in [2.05, 4.69) is 21.7 Å². The van der Waals surface area contributed by atoms with Gasteiger partial charge in [0.15, 0.2) is 5.82 Å². The Bertz CT molecular complexity index is 534. The molecule has 4 nitrogen and oxygen atoms in total. The monoisotopic (exact) mass is 215 g/mol. The number of hydrogen-bond acceptors (Lipinski definition) is 3. The summed E-state index contributed by atoms with van der Waals surface area (Å²) in [5, 5.41) is 3.91. The van der Waals surface area contributed by atoms with Crippen LogP contribution < -0.4 is 0 Å². The molecule has 2 rings (SSSR count). The molecule has 2 heterocycles. The number of aryl methyl sites for hydroxylation is 2. The van der Waals surface area contributed by atoms with Gasteiger partial charge in [-0.3, -0.25) is 0 Å². The van der Waals surface area contributed by atoms with Crippen LogP contribution in [0, 0.1) is 13.8 Å². The number of imidazole rings is 1. The summed E-state index contributed by atoms with van der Waals surface area (Å²) in [6, 6.07) is 1.85. The number of aromatic nitrogens is 3. The zero-order valence-corrected chi connectivity index (χ0v) is 9.32. The highest BCUT2D eigenvalue weighted by molar-refractivity contribution is 5.57. The SMILES string of the molecule is C=C/C=C\c1nc(-c2cc(C)on2)[nH]c1C. The molecule has 0 aromatic carbocycles. The highest BCUT2D eigenvalue weighted by Gasteiger charge is 2.09. The van der Waals surface area contributed by atoms with E-state index in [1.165, 1.54) is 0 Å². The van der Waals surface area contributed by atoms with Crippen LogP contribution in [0.1, 0.15) is 17.1 Å². The number of hydrogen-bond donors (Lipinski definition) is 1. The van der Waals surface area contributed by atoms with Crippen LogP contribution in [-0.2, 0) is 0 Å². The molecule has 0 radical (unpaired) electrons. The second-order valence-corrected chi connectivity index (χ2v) is 3.51. The van der Waals surface area contributed by atoms with Crippen molar-refractivity contribution in [3.63, 3.8) is 0 Å². The largest absolute Gasteiger partial charge is 0.361 e. The standard InChI is InChI=1S/C12H13N3O/c1-4-5-6-10-9(3)13-12(14-10)11-7-8(2)16-15-11/h4-7H,1H2,2-3H3,(H,13,14)/b6-5-. The van der Waals surface area contributed by atoms with Crippen molar-refractivity contribution in [1.82, 2.24) is 15.1 Å². The van der Waals surface area contributed by atoms with Gasteiger partial charge in [0.2, 0.25) is 0 Å². The van der Waals surface area contributed by atoms with Crippen molar-refractivity contribution in [2.24, 2.45) is 0 Å². The van der Waals surface area contributed by atoms with Crippen LogP contribution in [0.15, 0.2) is 29.3 Å². The maximum Gasteiger partial charge on any atom is 0.160 e. The lowest BCUT2D eigenvalue weighted by molar-refractivity contribution is 0.399. The van der Waals surface area contributed by atoms with E-state index >= 15 is 0 Å². The van der Waals surface area contributed by atoms with Crippen LogP contribution in [0.3, 0.4) is 0 Å². The van der Waals surface area contributed by atoms with Crippen molar-refractivity contribution in [2.75, 3.05) is 0 Å². The molecule has 16 heavy (non-hydrogen) atoms. The normalized spacial score (nSPS) is 11.1. The first kappa shape index (κ1) is 10.4. The van der Waals surface area contributed by atoms with E-state index in [9.17, 15) is 0 Å². The Kier molecular flexibility index (Phi) is 2.72. The number of allylic oxidation sites excluding steroid dienone is 2. The summed E-state index contributed by atoms with van der Waals surface area (Å²) < 4.78 is 5.00. The highest BCUT2D eigenvalue weighted by Crippen LogP contribution is 2.18. The maximum atomic E-state index is 5.00. The molecular weight excluding hydrogens is 202 g/mol. The van der Waals surface area contributed by atoms with Crippen LogP contribution in [0.2, 0.25) is 0 Å². The van der Waals surface area contributed by atoms with Crippen molar-refractivity contribution < 1.29 is 4.52 Å². The van der Waals surface area contributed by atoms with Gasteiger partial charge < -0.3 is 9.51 Å². The molecule has 0 unspecified atom stereocenters. The van der Waals surface area contributed by atoms with Crippen molar-refractivity contribution in [3.8, 4) is 11.5 Å². The first-order valence-corrected chi connectivity index (χ1v) is 5.00. The van der Waals surface area contributed by atoms with Gasteiger partial charge in [0.1, 0.15) is 11.5 Å². The molecule has 0 aliphatic heterocycles. The van der Waals surface area contributed by atoms with Crippen LogP contribution in [0.4, 0.5) is 0 Å². The summed E-state index contributed by atoms with van der Waals surface area (Å²) in [6.07, 6.45) is 5.46. The van der Waals surface area contributed by atoms with E-state index in [1.54, 1.807) is 6.08 Å². The van der Waals surface area contributed by atoms with Crippen LogP contribution >= 0.6 is 0 Å². The molecule has 2 aromatic heterocycles. The molecule has 82 valence electrons. The molecule has 0 amide bonds. The van der Waals surface area contributed by atoms with E-state index in [1.807, 2.05) is 32.1 Å². The minimum atomic E-state index is 0.720. The summed E-state index contributed by atoms with van der Waals surface area (Å²) in [4.78, 5) is 7.58. The average molecular weight is 215 g/mol. The van der Waals surface area contributed by atoms with Gasteiger partial charge in [-0.05, 0) is 19.9 Å². The smallest absolute Gasteiger partial charge is 0.160 e. The van der Waals surface area contributed by atoms with Crippen LogP contribution in [0.5, 0.6) is 0 Å². The van der Waals surface area contributed by atoms with Gasteiger partial charge in [-0.15, -0.1) is 0 Å². The topological polar surface area (TPSA) is 54.7 Å². The zero-order valence-electron chi connectivity index (χ0n) is 9.32. The van der Waals surface area contributed by atoms with Crippen molar-refractivity contribution >= 4 is 6.08 Å². The van der Waals surface area contributed by atoms with Gasteiger partial charge >= 0.3 is 0 Å². The van der Waals surface area contributed by atoms with Gasteiger partial charge in [0.05, 0.1) is 5.69 Å². The molecule has 0 aliphatic rings. The molecule has 0 atom stereocenters. The fraction of sp³-hybridized carbons (Fsp3) is 0.167. The Hall–Kier alpha value is -2.10. The average Bonchev–Trinajstić information content (AvgIpc) is 2.82. The van der Waals surface area contributed by atoms with Gasteiger partial charge in [-0.1, -0.05) is 23.9 Å². The fourth-order valence-corrected chi connectivity index (χ4v) is 1.39. The van der Waals surface area contributed by atoms with Crippen LogP contribution in [-0.4, -0.2) is 15.1 Å². The lowest BCUT2D eigenvalue weighted by Gasteiger charge is -1.83. The molecule has 4 heteroatoms. The van der Waals surface area contributed by atoms with Gasteiger partial charge in [0, 0.05) is 11.8 Å². The van der Waals surface area contributed by atoms with E-state index in [4.69, 9.17) is 4.52 Å². The molecule has 1 N–H and O–H groups in total. The lowest BCUT2D eigenvalue weighted by Crippen LogP contribution is -1.79. The number of H-pyrrole nitrogens is 1. The van der Waals surface area contributed by atoms with Crippen molar-refractivity contribution in [2.45, 2.75) is 13.8 Å². The predicted molar refractivity (Wildman–Crippen MR) is 62.8 cm³/mol. The number of aromatic amines is 1. The fourth-order valence-electron chi connectivity index (χ4n) is 1.39. The third-order valence-electron chi connectivity index (χ3n) is 2.18. The van der Waals surface area contributed by atoms with Gasteiger partial charge in [-0.2, -0.15) is 0 Å². The predicted octanol–water partition coefficient (Wildman–Crippen LogP) is 2.88. The molecule has 0 saturated carbocycles. The first-order valence-electron chi connectivity index (χ1n) is 5.00. The Balaban J connectivity index is 2.37. The molecule has 0 aliphatic carbocycles. The molecule has 0 bridgehead atoms. The summed E-state index contributed by atoms with van der Waals surface area (Å²) in [5.41, 5.74) is 2.60. The zero-order chi connectivity index (χ0) is 11.5. The van der Waals surface area contributed by atoms with E-state index in [0.29, 0.717) is 0 Å². The second kappa shape index (κ2) is 4.18. The van der Waals surface area contributed by atoms with Crippen LogP contribution in [0.25, 0.3) is 17.6 Å². The minimum absolute atomic E-state index is 0.720. The van der Waals surface area contributed by atoms with E-state index in [0.717, 1.165) is 28.7 Å². The summed E-state index contributed by atoms with van der Waals surface area (Å²) >= 11 is 0. The summed E-state index contributed by atoms with van der Waals surface area (Å²) in [5.74, 6) is 1.49. The summed E-state index contributed by atoms with van der Waals surface area (Å²) in [6.45, 7) is 7.44. The van der Waals surface area contributed by atoms with Crippen molar-refractivity contribution in [3.05, 3.63) is 41.9 Å². The maximum absolute atomic E-state index is 5.00. The van der Waals surface area contributed by atoms with Crippen molar-refractivity contribution in [1.29, 1.82) is 0 Å². The Labute approximate surface area is 93.7 Å². The van der Waals surface area contributed by atoms with E-state index in [-0.39, 0.29) is 0 Å². The first-order chi connectivity index (χ1) is 7.70. The Morgan fingerprint density at radius 3 is 2.88 bits per heavy atom. The number of nitrogens with one attached hydrogen (secondary N) is 1. The minimum Gasteiger partial charge on any atom is -0.361 e. The summed E-state index contributed by atoms with van der Waals surface area (Å²) in [7, 11) is 0. The molecule has 0 spiro atoms. The van der Waals surface area contributed by atoms with Gasteiger partial charge in [-0.25, -0.2) is 4.98 Å². The highest BCUT2D eigenvalue weighted by atomic mass is 16.5. The molecular formula is C12H13N3O. The van der Waals surface area contributed by atoms with Gasteiger partial charge in [0.25, 0.3) is 0 Å². The van der Waals surface area contributed by atoms with E-state index < -0.39 is 0 Å². The Morgan fingerprint density at radius 1 is 1.44 bits per heavy atom. The second-order valence-electron chi connectivity index (χ2n) is 3.51. The molecule has 2 aromatic rings.